The molecule has 0 spiro atoms. The molecule has 0 bridgehead atoms. The van der Waals surface area contributed by atoms with E-state index in [-0.39, 0.29) is 12.0 Å². The van der Waals surface area contributed by atoms with Gasteiger partial charge in [0.1, 0.15) is 0 Å². The smallest absolute Gasteiger partial charge is 0.231 e. The second-order valence-electron chi connectivity index (χ2n) is 4.60. The molecule has 0 amide bonds. The highest BCUT2D eigenvalue weighted by Crippen LogP contribution is 2.28. The van der Waals surface area contributed by atoms with E-state index >= 15 is 0 Å². The Morgan fingerprint density at radius 1 is 1.35 bits per heavy atom. The van der Waals surface area contributed by atoms with Gasteiger partial charge < -0.3 is 10.3 Å². The van der Waals surface area contributed by atoms with Crippen LogP contribution in [0.25, 0.3) is 11.4 Å². The van der Waals surface area contributed by atoms with Gasteiger partial charge in [0.15, 0.2) is 0 Å². The molecule has 0 fully saturated rings. The van der Waals surface area contributed by atoms with E-state index in [0.717, 1.165) is 5.56 Å². The van der Waals surface area contributed by atoms with Gasteiger partial charge in [0.2, 0.25) is 11.7 Å². The van der Waals surface area contributed by atoms with E-state index in [1.807, 2.05) is 23.8 Å². The lowest BCUT2D eigenvalue weighted by molar-refractivity contribution is 0.300. The van der Waals surface area contributed by atoms with Crippen LogP contribution in [-0.2, 0) is 0 Å². The molecule has 2 aromatic rings. The lowest BCUT2D eigenvalue weighted by Crippen LogP contribution is -2.28. The van der Waals surface area contributed by atoms with Gasteiger partial charge in [-0.1, -0.05) is 19.0 Å². The zero-order valence-corrected chi connectivity index (χ0v) is 11.1. The topological polar surface area (TPSA) is 64.9 Å². The molecule has 2 aromatic heterocycles. The summed E-state index contributed by atoms with van der Waals surface area (Å²) in [6, 6.07) is 1.99. The van der Waals surface area contributed by atoms with Gasteiger partial charge in [-0.2, -0.15) is 16.3 Å². The first-order valence-corrected chi connectivity index (χ1v) is 6.65. The van der Waals surface area contributed by atoms with E-state index in [1.54, 1.807) is 11.3 Å². The van der Waals surface area contributed by atoms with Crippen LogP contribution in [0.5, 0.6) is 0 Å². The molecule has 2 unspecified atom stereocenters. The number of aromatic nitrogens is 2. The van der Waals surface area contributed by atoms with Crippen molar-refractivity contribution < 1.29 is 4.52 Å². The van der Waals surface area contributed by atoms with E-state index in [4.69, 9.17) is 10.3 Å². The second kappa shape index (κ2) is 4.98. The summed E-state index contributed by atoms with van der Waals surface area (Å²) in [4.78, 5) is 4.44. The lowest BCUT2D eigenvalue weighted by Gasteiger charge is -2.20. The van der Waals surface area contributed by atoms with Crippen molar-refractivity contribution in [1.29, 1.82) is 0 Å². The number of nitrogens with zero attached hydrogens (tertiary/aromatic N) is 2. The van der Waals surface area contributed by atoms with Crippen molar-refractivity contribution in [2.45, 2.75) is 32.7 Å². The summed E-state index contributed by atoms with van der Waals surface area (Å²) >= 11 is 1.62. The molecule has 92 valence electrons. The molecular weight excluding hydrogens is 234 g/mol. The molecule has 5 heteroatoms. The molecule has 0 saturated heterocycles. The molecule has 0 aliphatic rings. The van der Waals surface area contributed by atoms with Gasteiger partial charge in [-0.3, -0.25) is 0 Å². The number of rotatable bonds is 4. The van der Waals surface area contributed by atoms with Crippen molar-refractivity contribution in [3.05, 3.63) is 22.7 Å². The Hall–Kier alpha value is -1.20. The fourth-order valence-corrected chi connectivity index (χ4v) is 2.63. The number of hydrogen-bond acceptors (Lipinski definition) is 5. The van der Waals surface area contributed by atoms with Crippen LogP contribution in [0, 0.1) is 5.92 Å². The van der Waals surface area contributed by atoms with Gasteiger partial charge in [-0.05, 0) is 24.3 Å². The first kappa shape index (κ1) is 12.3. The van der Waals surface area contributed by atoms with Gasteiger partial charge >= 0.3 is 0 Å². The largest absolute Gasteiger partial charge is 0.339 e. The zero-order chi connectivity index (χ0) is 12.4. The van der Waals surface area contributed by atoms with E-state index in [9.17, 15) is 0 Å². The van der Waals surface area contributed by atoms with E-state index < -0.39 is 0 Å². The van der Waals surface area contributed by atoms with Crippen molar-refractivity contribution in [3.63, 3.8) is 0 Å². The first-order valence-electron chi connectivity index (χ1n) is 5.71. The van der Waals surface area contributed by atoms with Crippen molar-refractivity contribution >= 4 is 11.3 Å². The van der Waals surface area contributed by atoms with Crippen molar-refractivity contribution in [1.82, 2.24) is 10.1 Å². The van der Waals surface area contributed by atoms with Crippen LogP contribution in [-0.4, -0.2) is 16.2 Å². The summed E-state index contributed by atoms with van der Waals surface area (Å²) in [6.45, 7) is 6.20. The minimum Gasteiger partial charge on any atom is -0.339 e. The minimum atomic E-state index is 0.00535. The molecule has 0 radical (unpaired) electrons. The summed E-state index contributed by atoms with van der Waals surface area (Å²) in [6.07, 6.45) is 0. The van der Waals surface area contributed by atoms with Crippen molar-refractivity contribution in [2.75, 3.05) is 0 Å². The molecule has 0 aromatic carbocycles. The molecule has 17 heavy (non-hydrogen) atoms. The van der Waals surface area contributed by atoms with Gasteiger partial charge in [-0.15, -0.1) is 0 Å². The zero-order valence-electron chi connectivity index (χ0n) is 10.3. The van der Waals surface area contributed by atoms with Gasteiger partial charge in [0, 0.05) is 17.0 Å². The third kappa shape index (κ3) is 2.56. The van der Waals surface area contributed by atoms with Crippen LogP contribution >= 0.6 is 11.3 Å². The monoisotopic (exact) mass is 251 g/mol. The Morgan fingerprint density at radius 3 is 2.65 bits per heavy atom. The number of thiophene rings is 1. The quantitative estimate of drug-likeness (QED) is 0.907. The summed E-state index contributed by atoms with van der Waals surface area (Å²) in [5, 5.41) is 8.01. The van der Waals surface area contributed by atoms with Crippen LogP contribution in [0.4, 0.5) is 0 Å². The average Bonchev–Trinajstić information content (AvgIpc) is 2.83. The normalized spacial score (nSPS) is 15.1. The predicted octanol–water partition coefficient (Wildman–Crippen LogP) is 2.88. The maximum Gasteiger partial charge on any atom is 0.231 e. The molecule has 0 aliphatic carbocycles. The van der Waals surface area contributed by atoms with Gasteiger partial charge in [-0.25, -0.2) is 0 Å². The maximum absolute atomic E-state index is 5.97. The fourth-order valence-electron chi connectivity index (χ4n) is 2.00. The molecule has 2 N–H and O–H groups in total. The standard InChI is InChI=1S/C12H17N3OS/c1-7(2)10(8(3)13)12-14-11(15-16-12)9-4-5-17-6-9/h4-8,10H,13H2,1-3H3. The molecule has 0 aliphatic heterocycles. The predicted molar refractivity (Wildman–Crippen MR) is 68.8 cm³/mol. The Kier molecular flexibility index (Phi) is 3.59. The Bertz CT molecular complexity index is 454. The van der Waals surface area contributed by atoms with Crippen molar-refractivity contribution in [2.24, 2.45) is 11.7 Å². The highest BCUT2D eigenvalue weighted by atomic mass is 32.1. The summed E-state index contributed by atoms with van der Waals surface area (Å²) < 4.78 is 5.34. The minimum absolute atomic E-state index is 0.00535. The summed E-state index contributed by atoms with van der Waals surface area (Å²) in [7, 11) is 0. The molecule has 2 rings (SSSR count). The summed E-state index contributed by atoms with van der Waals surface area (Å²) in [5.74, 6) is 1.77. The van der Waals surface area contributed by atoms with Crippen molar-refractivity contribution in [3.8, 4) is 11.4 Å². The van der Waals surface area contributed by atoms with E-state index in [0.29, 0.717) is 17.6 Å². The maximum atomic E-state index is 5.97. The molecule has 2 heterocycles. The third-order valence-corrected chi connectivity index (χ3v) is 3.47. The van der Waals surface area contributed by atoms with E-state index in [1.165, 1.54) is 0 Å². The van der Waals surface area contributed by atoms with Crippen LogP contribution in [0.15, 0.2) is 21.3 Å². The average molecular weight is 251 g/mol. The number of hydrogen-bond donors (Lipinski definition) is 1. The first-order chi connectivity index (χ1) is 8.09. The highest BCUT2D eigenvalue weighted by Gasteiger charge is 2.26. The highest BCUT2D eigenvalue weighted by molar-refractivity contribution is 7.08. The lowest BCUT2D eigenvalue weighted by atomic mass is 9.90. The second-order valence-corrected chi connectivity index (χ2v) is 5.38. The Morgan fingerprint density at radius 2 is 2.12 bits per heavy atom. The third-order valence-electron chi connectivity index (χ3n) is 2.79. The Balaban J connectivity index is 2.28. The summed E-state index contributed by atoms with van der Waals surface area (Å²) in [5.41, 5.74) is 6.97. The molecular formula is C12H17N3OS. The molecule has 0 saturated carbocycles. The van der Waals surface area contributed by atoms with E-state index in [2.05, 4.69) is 24.0 Å². The fraction of sp³-hybridized carbons (Fsp3) is 0.500. The van der Waals surface area contributed by atoms with Crippen LogP contribution in [0.3, 0.4) is 0 Å². The molecule has 4 nitrogen and oxygen atoms in total. The van der Waals surface area contributed by atoms with Crippen LogP contribution in [0.1, 0.15) is 32.6 Å². The van der Waals surface area contributed by atoms with Crippen LogP contribution < -0.4 is 5.73 Å². The van der Waals surface area contributed by atoms with Gasteiger partial charge in [0.25, 0.3) is 0 Å². The molecule has 2 atom stereocenters. The van der Waals surface area contributed by atoms with Crippen LogP contribution in [0.2, 0.25) is 0 Å². The SMILES string of the molecule is CC(C)C(c1nc(-c2ccsc2)no1)C(C)N. The number of nitrogens with two attached hydrogens (primary N) is 1. The van der Waals surface area contributed by atoms with Gasteiger partial charge in [0.05, 0.1) is 5.92 Å². The Labute approximate surface area is 105 Å².